The van der Waals surface area contributed by atoms with Gasteiger partial charge in [0.05, 0.1) is 12.7 Å². The van der Waals surface area contributed by atoms with E-state index in [1.54, 1.807) is 0 Å². The van der Waals surface area contributed by atoms with Gasteiger partial charge in [-0.3, -0.25) is 4.90 Å². The van der Waals surface area contributed by atoms with Crippen LogP contribution in [0.5, 0.6) is 5.88 Å². The van der Waals surface area contributed by atoms with Gasteiger partial charge in [0.25, 0.3) is 0 Å². The maximum Gasteiger partial charge on any atom is 0.410 e. The third kappa shape index (κ3) is 4.00. The lowest BCUT2D eigenvalue weighted by molar-refractivity contribution is -0.141. The summed E-state index contributed by atoms with van der Waals surface area (Å²) in [7, 11) is 0. The monoisotopic (exact) mass is 448 g/mol. The molecular formula is C25H21FN2O5. The lowest BCUT2D eigenvalue weighted by Gasteiger charge is -2.22. The maximum atomic E-state index is 13.1. The Hall–Kier alpha value is -3.94. The van der Waals surface area contributed by atoms with Crippen molar-refractivity contribution >= 4 is 12.1 Å². The number of nitrogens with zero attached hydrogens (tertiary/aromatic N) is 2. The number of aliphatic carboxylic acids is 1. The molecule has 2 aromatic carbocycles. The molecule has 1 aliphatic carbocycles. The molecule has 1 N–H and O–H groups in total. The van der Waals surface area contributed by atoms with Crippen LogP contribution in [0, 0.1) is 5.82 Å². The minimum absolute atomic E-state index is 0.0344. The van der Waals surface area contributed by atoms with E-state index >= 15 is 0 Å². The van der Waals surface area contributed by atoms with Crippen LogP contribution in [0.25, 0.3) is 11.1 Å². The number of carboxylic acid groups (broad SMARTS) is 1. The molecule has 5 rings (SSSR count). The van der Waals surface area contributed by atoms with Crippen molar-refractivity contribution in [3.63, 3.8) is 0 Å². The summed E-state index contributed by atoms with van der Waals surface area (Å²) >= 11 is 0. The fourth-order valence-corrected chi connectivity index (χ4v) is 4.60. The van der Waals surface area contributed by atoms with Gasteiger partial charge in [-0.2, -0.15) is 0 Å². The fourth-order valence-electron chi connectivity index (χ4n) is 4.60. The molecule has 2 aliphatic rings. The van der Waals surface area contributed by atoms with Crippen LogP contribution >= 0.6 is 0 Å². The molecule has 0 saturated carbocycles. The first kappa shape index (κ1) is 20.9. The highest BCUT2D eigenvalue weighted by Gasteiger charge is 2.42. The van der Waals surface area contributed by atoms with Crippen LogP contribution < -0.4 is 4.74 Å². The van der Waals surface area contributed by atoms with Gasteiger partial charge in [-0.05, 0) is 28.3 Å². The van der Waals surface area contributed by atoms with Crippen molar-refractivity contribution in [2.45, 2.75) is 24.5 Å². The number of hydrogen-bond acceptors (Lipinski definition) is 5. The number of carbonyl (C=O) groups excluding carboxylic acids is 1. The van der Waals surface area contributed by atoms with Crippen LogP contribution in [0.4, 0.5) is 9.18 Å². The van der Waals surface area contributed by atoms with Gasteiger partial charge in [0, 0.05) is 18.4 Å². The number of ether oxygens (including phenoxy) is 2. The normalized spacial score (nSPS) is 19.1. The Bertz CT molecular complexity index is 1150. The van der Waals surface area contributed by atoms with Gasteiger partial charge < -0.3 is 14.6 Å². The molecule has 1 aromatic heterocycles. The summed E-state index contributed by atoms with van der Waals surface area (Å²) in [4.78, 5) is 29.7. The second-order valence-electron chi connectivity index (χ2n) is 8.10. The third-order valence-electron chi connectivity index (χ3n) is 6.11. The van der Waals surface area contributed by atoms with Gasteiger partial charge in [0.2, 0.25) is 5.88 Å². The molecule has 0 radical (unpaired) electrons. The molecule has 3 aromatic rings. The Kier molecular flexibility index (Phi) is 5.42. The zero-order valence-electron chi connectivity index (χ0n) is 17.6. The highest BCUT2D eigenvalue weighted by atomic mass is 19.1. The highest BCUT2D eigenvalue weighted by molar-refractivity contribution is 5.81. The molecule has 0 unspecified atom stereocenters. The van der Waals surface area contributed by atoms with E-state index in [4.69, 9.17) is 9.47 Å². The van der Waals surface area contributed by atoms with Gasteiger partial charge >= 0.3 is 12.1 Å². The molecule has 1 fully saturated rings. The number of benzene rings is 2. The molecule has 1 amide bonds. The van der Waals surface area contributed by atoms with Gasteiger partial charge in [0.1, 0.15) is 24.6 Å². The molecule has 0 spiro atoms. The van der Waals surface area contributed by atoms with Crippen molar-refractivity contribution in [1.82, 2.24) is 9.88 Å². The minimum Gasteiger partial charge on any atom is -0.480 e. The average molecular weight is 448 g/mol. The second kappa shape index (κ2) is 8.54. The summed E-state index contributed by atoms with van der Waals surface area (Å²) in [5.74, 6) is -1.60. The number of likely N-dealkylation sites (tertiary alicyclic amines) is 1. The summed E-state index contributed by atoms with van der Waals surface area (Å²) in [6, 6.07) is 17.5. The van der Waals surface area contributed by atoms with E-state index in [2.05, 4.69) is 4.98 Å². The lowest BCUT2D eigenvalue weighted by Crippen LogP contribution is -2.41. The number of hydrogen-bond donors (Lipinski definition) is 1. The van der Waals surface area contributed by atoms with Crippen LogP contribution in [-0.4, -0.2) is 52.4 Å². The number of rotatable bonds is 5. The van der Waals surface area contributed by atoms with Crippen LogP contribution in [0.15, 0.2) is 66.9 Å². The van der Waals surface area contributed by atoms with Crippen molar-refractivity contribution in [3.8, 4) is 17.0 Å². The van der Waals surface area contributed by atoms with E-state index in [-0.39, 0.29) is 31.4 Å². The summed E-state index contributed by atoms with van der Waals surface area (Å²) in [5, 5.41) is 9.62. The lowest BCUT2D eigenvalue weighted by atomic mass is 9.98. The van der Waals surface area contributed by atoms with Crippen molar-refractivity contribution < 1.29 is 28.6 Å². The molecule has 2 heterocycles. The zero-order chi connectivity index (χ0) is 22.9. The first-order valence-electron chi connectivity index (χ1n) is 10.6. The Morgan fingerprint density at radius 1 is 1.03 bits per heavy atom. The van der Waals surface area contributed by atoms with E-state index < -0.39 is 30.0 Å². The quantitative estimate of drug-likeness (QED) is 0.633. The molecule has 1 aliphatic heterocycles. The molecular weight excluding hydrogens is 427 g/mol. The van der Waals surface area contributed by atoms with E-state index in [0.29, 0.717) is 0 Å². The van der Waals surface area contributed by atoms with E-state index in [1.165, 1.54) is 17.0 Å². The fraction of sp³-hybridized carbons (Fsp3) is 0.240. The number of halogens is 1. The number of amides is 1. The van der Waals surface area contributed by atoms with E-state index in [1.807, 2.05) is 48.5 Å². The molecule has 1 saturated heterocycles. The first-order valence-corrected chi connectivity index (χ1v) is 10.6. The molecule has 7 nitrogen and oxygen atoms in total. The zero-order valence-corrected chi connectivity index (χ0v) is 17.6. The van der Waals surface area contributed by atoms with E-state index in [9.17, 15) is 19.1 Å². The van der Waals surface area contributed by atoms with Crippen molar-refractivity contribution in [2.24, 2.45) is 0 Å². The Balaban J connectivity index is 1.29. The van der Waals surface area contributed by atoms with Crippen molar-refractivity contribution in [2.75, 3.05) is 13.2 Å². The Morgan fingerprint density at radius 2 is 1.70 bits per heavy atom. The first-order chi connectivity index (χ1) is 16.0. The van der Waals surface area contributed by atoms with Gasteiger partial charge in [0.15, 0.2) is 0 Å². The minimum atomic E-state index is -1.14. The van der Waals surface area contributed by atoms with Gasteiger partial charge in [-0.25, -0.2) is 19.0 Å². The maximum absolute atomic E-state index is 13.1. The highest BCUT2D eigenvalue weighted by Crippen LogP contribution is 2.44. The predicted molar refractivity (Wildman–Crippen MR) is 116 cm³/mol. The molecule has 168 valence electrons. The molecule has 0 bridgehead atoms. The van der Waals surface area contributed by atoms with Gasteiger partial charge in [-0.15, -0.1) is 0 Å². The molecule has 2 atom stereocenters. The van der Waals surface area contributed by atoms with Crippen molar-refractivity contribution in [1.29, 1.82) is 0 Å². The summed E-state index contributed by atoms with van der Waals surface area (Å²) in [5.41, 5.74) is 4.37. The molecule has 33 heavy (non-hydrogen) atoms. The standard InChI is InChI=1S/C25H21FN2O5/c26-15-9-10-23(27-12-15)33-16-11-22(24(29)30)28(13-16)25(31)32-14-21-19-7-3-1-5-17(19)18-6-2-4-8-20(18)21/h1-10,12,16,21-22H,11,13-14H2,(H,29,30)/t16-,22+/m1/s1. The predicted octanol–water partition coefficient (Wildman–Crippen LogP) is 4.08. The van der Waals surface area contributed by atoms with E-state index in [0.717, 1.165) is 28.5 Å². The number of carbonyl (C=O) groups is 2. The third-order valence-corrected chi connectivity index (χ3v) is 6.11. The van der Waals surface area contributed by atoms with Crippen LogP contribution in [0.2, 0.25) is 0 Å². The summed E-state index contributed by atoms with van der Waals surface area (Å²) in [6.07, 6.45) is -0.201. The second-order valence-corrected chi connectivity index (χ2v) is 8.10. The number of pyridine rings is 1. The van der Waals surface area contributed by atoms with Crippen LogP contribution in [-0.2, 0) is 9.53 Å². The smallest absolute Gasteiger partial charge is 0.410 e. The average Bonchev–Trinajstić information content (AvgIpc) is 3.39. The van der Waals surface area contributed by atoms with Crippen LogP contribution in [0.3, 0.4) is 0 Å². The topological polar surface area (TPSA) is 89.0 Å². The number of carboxylic acids is 1. The Labute approximate surface area is 189 Å². The summed E-state index contributed by atoms with van der Waals surface area (Å²) < 4.78 is 24.4. The van der Waals surface area contributed by atoms with Crippen LogP contribution in [0.1, 0.15) is 23.5 Å². The SMILES string of the molecule is O=C(O)[C@@H]1C[C@@H](Oc2ccc(F)cn2)CN1C(=O)OCC1c2ccccc2-c2ccccc21. The number of aromatic nitrogens is 1. The molecule has 8 heteroatoms. The Morgan fingerprint density at radius 3 is 2.30 bits per heavy atom. The van der Waals surface area contributed by atoms with Gasteiger partial charge in [-0.1, -0.05) is 48.5 Å². The van der Waals surface area contributed by atoms with Crippen molar-refractivity contribution in [3.05, 3.63) is 83.8 Å². The largest absolute Gasteiger partial charge is 0.480 e. The summed E-state index contributed by atoms with van der Waals surface area (Å²) in [6.45, 7) is 0.132. The number of fused-ring (bicyclic) bond motifs is 3.